The second-order valence-electron chi connectivity index (χ2n) is 1.87. The smallest absolute Gasteiger partial charge is 0.271 e. The Morgan fingerprint density at radius 1 is 1.31 bits per heavy atom. The molecule has 2 aliphatic heterocycles. The highest BCUT2D eigenvalue weighted by atomic mass is 16.7. The normalized spacial score (nSPS) is 10.2. The van der Waals surface area contributed by atoms with Crippen LogP contribution in [0, 0.1) is 10.1 Å². The summed E-state index contributed by atoms with van der Waals surface area (Å²) < 4.78 is 0. The second kappa shape index (κ2) is 2.54. The first-order chi connectivity index (χ1) is 6.25. The maximum Gasteiger partial charge on any atom is 0.271 e. The third kappa shape index (κ3) is 1.29. The van der Waals surface area contributed by atoms with Crippen LogP contribution in [0.4, 0.5) is 0 Å². The molecule has 0 fully saturated rings. The van der Waals surface area contributed by atoms with Crippen molar-refractivity contribution in [2.24, 2.45) is 0 Å². The molecular weight excluding hydrogens is 182 g/mol. The number of rotatable bonds is 2. The highest BCUT2D eigenvalue weighted by molar-refractivity contribution is 5.38. The second-order valence-corrected chi connectivity index (χ2v) is 1.87. The van der Waals surface area contributed by atoms with Crippen molar-refractivity contribution in [3.05, 3.63) is 10.1 Å². The van der Waals surface area contributed by atoms with Gasteiger partial charge in [-0.25, -0.2) is 0 Å². The molecule has 0 aromatic rings. The summed E-state index contributed by atoms with van der Waals surface area (Å²) in [5, 5.41) is 29.5. The van der Waals surface area contributed by atoms with Gasteiger partial charge in [-0.05, 0) is 15.8 Å². The van der Waals surface area contributed by atoms with Crippen LogP contribution in [-0.4, -0.2) is 40.8 Å². The number of nitrogens with zero attached hydrogens (tertiary/aromatic N) is 8. The molecule has 2 heterocycles. The fourth-order valence-corrected chi connectivity index (χ4v) is 0.636. The van der Waals surface area contributed by atoms with Gasteiger partial charge in [0.15, 0.2) is 0 Å². The van der Waals surface area contributed by atoms with Gasteiger partial charge in [-0.2, -0.15) is 0 Å². The molecule has 2 rings (SSSR count). The molecule has 2 aliphatic rings. The number of hydrogen-bond acceptors (Lipinski definition) is 8. The minimum Gasteiger partial charge on any atom is -0.339 e. The number of aromatic nitrogens is 7. The Bertz CT molecular complexity index is 408. The molecule has 11 heteroatoms. The highest BCUT2D eigenvalue weighted by Crippen LogP contribution is 2.02. The molecule has 0 bridgehead atoms. The molecule has 13 heavy (non-hydrogen) atoms. The molecule has 0 amide bonds. The molecule has 0 saturated heterocycles. The van der Waals surface area contributed by atoms with Gasteiger partial charge in [0.05, 0.1) is 15.2 Å². The van der Waals surface area contributed by atoms with Crippen LogP contribution in [0.15, 0.2) is 0 Å². The van der Waals surface area contributed by atoms with E-state index in [2.05, 4.69) is 30.8 Å². The van der Waals surface area contributed by atoms with E-state index in [9.17, 15) is 10.1 Å². The lowest BCUT2D eigenvalue weighted by Gasteiger charge is -1.94. The lowest BCUT2D eigenvalue weighted by molar-refractivity contribution is -0.465. The lowest BCUT2D eigenvalue weighted by atomic mass is 10.6. The summed E-state index contributed by atoms with van der Waals surface area (Å²) in [6.07, 6.45) is 0. The molecule has 1 N–H and O–H groups in total. The minimum atomic E-state index is -0.836. The van der Waals surface area contributed by atoms with Crippen LogP contribution in [0.3, 0.4) is 0 Å². The van der Waals surface area contributed by atoms with E-state index >= 15 is 0 Å². The number of hydrogen-bond donors (Lipinski definition) is 1. The third-order valence-corrected chi connectivity index (χ3v) is 1.06. The van der Waals surface area contributed by atoms with Gasteiger partial charge in [0.2, 0.25) is 0 Å². The lowest BCUT2D eigenvalue weighted by Crippen LogP contribution is -2.27. The van der Waals surface area contributed by atoms with Crippen LogP contribution < -0.4 is 5.53 Å². The molecule has 11 nitrogen and oxygen atoms in total. The molecule has 0 aliphatic carbocycles. The third-order valence-electron chi connectivity index (χ3n) is 1.06. The Labute approximate surface area is 69.2 Å². The van der Waals surface area contributed by atoms with E-state index < -0.39 is 5.03 Å². The number of fused-ring (bicyclic) bond motifs is 1. The summed E-state index contributed by atoms with van der Waals surface area (Å²) in [7, 11) is 0. The van der Waals surface area contributed by atoms with Crippen molar-refractivity contribution in [2.75, 3.05) is 5.53 Å². The number of nitrogens with one attached hydrogen (secondary N) is 1. The van der Waals surface area contributed by atoms with Crippen molar-refractivity contribution < 1.29 is 5.03 Å². The molecule has 0 aromatic carbocycles. The fourth-order valence-electron chi connectivity index (χ4n) is 0.636. The Morgan fingerprint density at radius 2 is 2.08 bits per heavy atom. The van der Waals surface area contributed by atoms with E-state index in [0.29, 0.717) is 4.91 Å². The van der Waals surface area contributed by atoms with E-state index in [1.54, 1.807) is 5.53 Å². The maximum atomic E-state index is 9.96. The van der Waals surface area contributed by atoms with Crippen LogP contribution in [0.1, 0.15) is 0 Å². The molecular formula is C2HN9O2. The zero-order valence-electron chi connectivity index (χ0n) is 5.89. The van der Waals surface area contributed by atoms with Gasteiger partial charge in [0.1, 0.15) is 0 Å². The summed E-state index contributed by atoms with van der Waals surface area (Å²) in [5.74, 6) is 0.200. The van der Waals surface area contributed by atoms with Crippen molar-refractivity contribution in [1.29, 1.82) is 0 Å². The van der Waals surface area contributed by atoms with E-state index in [4.69, 9.17) is 0 Å². The van der Waals surface area contributed by atoms with Crippen molar-refractivity contribution in [3.63, 3.8) is 0 Å². The maximum absolute atomic E-state index is 9.96. The predicted molar refractivity (Wildman–Crippen MR) is 34.2 cm³/mol. The topological polar surface area (TPSA) is 137 Å². The summed E-state index contributed by atoms with van der Waals surface area (Å²) in [6.45, 7) is 0. The average molecular weight is 183 g/mol. The van der Waals surface area contributed by atoms with Crippen molar-refractivity contribution in [3.8, 4) is 11.6 Å². The SMILES string of the molecule is O=[N+]([O-])Nn1nnc2nnnc-2n1. The molecule has 0 saturated carbocycles. The van der Waals surface area contributed by atoms with E-state index in [0.717, 1.165) is 0 Å². The van der Waals surface area contributed by atoms with Crippen molar-refractivity contribution >= 4 is 0 Å². The minimum absolute atomic E-state index is 0.0735. The number of nitro groups is 1. The Morgan fingerprint density at radius 3 is 2.85 bits per heavy atom. The van der Waals surface area contributed by atoms with Gasteiger partial charge in [0, 0.05) is 0 Å². The molecule has 0 atom stereocenters. The summed E-state index contributed by atoms with van der Waals surface area (Å²) in [6, 6.07) is 0. The zero-order valence-corrected chi connectivity index (χ0v) is 5.89. The first-order valence-electron chi connectivity index (χ1n) is 2.96. The van der Waals surface area contributed by atoms with Gasteiger partial charge < -0.3 is 10.1 Å². The summed E-state index contributed by atoms with van der Waals surface area (Å²) in [5.41, 5.74) is 1.65. The zero-order chi connectivity index (χ0) is 9.26. The molecule has 66 valence electrons. The standard InChI is InChI=1S/C2HN9O2/c12-11(13)9-10-6-2-1(5-8-10)3-7-4-2/h9H. The largest absolute Gasteiger partial charge is 0.339 e. The highest BCUT2D eigenvalue weighted by Gasteiger charge is 2.15. The van der Waals surface area contributed by atoms with Crippen LogP contribution >= 0.6 is 0 Å². The first-order valence-corrected chi connectivity index (χ1v) is 2.96. The Hall–Kier alpha value is -2.46. The monoisotopic (exact) mass is 183 g/mol. The van der Waals surface area contributed by atoms with Gasteiger partial charge in [-0.15, -0.1) is 10.2 Å². The number of hydrazine groups is 1. The van der Waals surface area contributed by atoms with Crippen molar-refractivity contribution in [1.82, 2.24) is 35.7 Å². The van der Waals surface area contributed by atoms with Crippen LogP contribution in [0.5, 0.6) is 0 Å². The molecule has 0 aromatic heterocycles. The quantitative estimate of drug-likeness (QED) is 0.402. The van der Waals surface area contributed by atoms with Gasteiger partial charge >= 0.3 is 0 Å². The van der Waals surface area contributed by atoms with E-state index in [1.807, 2.05) is 0 Å². The van der Waals surface area contributed by atoms with Crippen LogP contribution in [0.25, 0.3) is 11.6 Å². The average Bonchev–Trinajstić information content (AvgIpc) is 2.49. The van der Waals surface area contributed by atoms with Gasteiger partial charge in [0.25, 0.3) is 11.6 Å². The van der Waals surface area contributed by atoms with E-state index in [1.165, 1.54) is 0 Å². The van der Waals surface area contributed by atoms with Crippen LogP contribution in [-0.2, 0) is 0 Å². The van der Waals surface area contributed by atoms with Gasteiger partial charge in [-0.1, -0.05) is 5.10 Å². The van der Waals surface area contributed by atoms with Gasteiger partial charge in [-0.3, -0.25) is 0 Å². The molecule has 0 spiro atoms. The molecule has 0 radical (unpaired) electrons. The predicted octanol–water partition coefficient (Wildman–Crippen LogP) is -2.30. The summed E-state index contributed by atoms with van der Waals surface area (Å²) in [4.78, 5) is 10.5. The summed E-state index contributed by atoms with van der Waals surface area (Å²) >= 11 is 0. The Kier molecular flexibility index (Phi) is 1.41. The molecule has 0 unspecified atom stereocenters. The Balaban J connectivity index is 2.38. The van der Waals surface area contributed by atoms with E-state index in [-0.39, 0.29) is 11.6 Å². The first kappa shape index (κ1) is 7.20. The van der Waals surface area contributed by atoms with Crippen molar-refractivity contribution in [2.45, 2.75) is 0 Å². The van der Waals surface area contributed by atoms with Crippen LogP contribution in [0.2, 0.25) is 0 Å². The fraction of sp³-hybridized carbons (Fsp3) is 0.